The lowest BCUT2D eigenvalue weighted by Crippen LogP contribution is -3.00. The van der Waals surface area contributed by atoms with Crippen molar-refractivity contribution in [1.82, 2.24) is 55.2 Å². The second-order valence-electron chi connectivity index (χ2n) is 25.0. The monoisotopic (exact) mass is 2160 g/mol. The van der Waals surface area contributed by atoms with Gasteiger partial charge in [-0.25, -0.2) is 67.4 Å². The molecule has 1 aliphatic rings. The maximum Gasteiger partial charge on any atom is 0.272 e. The molecule has 10 aromatic heterocycles. The summed E-state index contributed by atoms with van der Waals surface area (Å²) in [7, 11) is 2.50. The maximum atomic E-state index is 14.7. The second-order valence-corrected chi connectivity index (χ2v) is 40.7. The summed E-state index contributed by atoms with van der Waals surface area (Å²) in [6.07, 6.45) is 24.6. The molecule has 0 unspecified atom stereocenters. The summed E-state index contributed by atoms with van der Waals surface area (Å²) in [5.74, 6) is -3.15. The lowest BCUT2D eigenvalue weighted by molar-refractivity contribution is -0.385. The van der Waals surface area contributed by atoms with Crippen LogP contribution in [0.15, 0.2) is 223 Å². The number of hydrogen-bond acceptors (Lipinski definition) is 34. The Bertz CT molecular complexity index is 6530. The molecule has 16 aromatic rings. The number of carbonyl (C=O) groups is 2. The van der Waals surface area contributed by atoms with Gasteiger partial charge in [0.15, 0.2) is 51.4 Å². The molecule has 0 saturated carbocycles. The van der Waals surface area contributed by atoms with Gasteiger partial charge < -0.3 is 64.4 Å². The van der Waals surface area contributed by atoms with Crippen LogP contribution in [-0.2, 0) is 37.1 Å². The molecule has 130 heavy (non-hydrogen) atoms. The van der Waals surface area contributed by atoms with E-state index in [2.05, 4.69) is 96.5 Å². The third kappa shape index (κ3) is 33.5. The quantitative estimate of drug-likeness (QED) is 0.00530. The highest BCUT2D eigenvalue weighted by molar-refractivity contribution is 8.73. The van der Waals surface area contributed by atoms with Crippen LogP contribution in [0.2, 0.25) is 10.3 Å². The van der Waals surface area contributed by atoms with Gasteiger partial charge in [-0.3, -0.25) is 29.8 Å². The van der Waals surface area contributed by atoms with Gasteiger partial charge in [-0.05, 0) is 146 Å². The number of nitrogens with one attached hydrogen (secondary N) is 2. The Balaban J connectivity index is 0.000000190. The third-order valence-electron chi connectivity index (χ3n) is 16.0. The normalized spacial score (nSPS) is 10.8. The molecule has 0 radical (unpaired) electrons. The summed E-state index contributed by atoms with van der Waals surface area (Å²) < 4.78 is 85.0. The van der Waals surface area contributed by atoms with E-state index < -0.39 is 38.9 Å². The van der Waals surface area contributed by atoms with Crippen LogP contribution >= 0.6 is 162 Å². The Morgan fingerprint density at radius 3 is 1.35 bits per heavy atom. The summed E-state index contributed by atoms with van der Waals surface area (Å²) >= 11 is 35.2. The van der Waals surface area contributed by atoms with Crippen LogP contribution in [0.5, 0.6) is 40.6 Å². The molecule has 1 fully saturated rings. The lowest BCUT2D eigenvalue weighted by atomic mass is 10.1. The number of nitro groups is 2. The molecular weight excluding hydrogens is 2090 g/mol. The van der Waals surface area contributed by atoms with Gasteiger partial charge in [-0.2, -0.15) is 4.99 Å². The Kier molecular flexibility index (Phi) is 44.6. The fraction of sp³-hybridized carbons (Fsp3) is 0.157. The number of thiophene rings is 5. The van der Waals surface area contributed by atoms with E-state index in [0.29, 0.717) is 66.1 Å². The van der Waals surface area contributed by atoms with Crippen LogP contribution in [0.4, 0.5) is 40.3 Å². The first-order valence-corrected chi connectivity index (χ1v) is 51.1. The molecule has 17 rings (SSSR count). The van der Waals surface area contributed by atoms with E-state index in [1.807, 2.05) is 137 Å². The number of ether oxygens (including phenoxy) is 4. The number of nitrogen functional groups attached to an aromatic ring is 1. The number of anilines is 2. The van der Waals surface area contributed by atoms with E-state index in [1.54, 1.807) is 81.9 Å². The topological polar surface area (TPSA) is 369 Å². The number of rotatable bonds is 18. The summed E-state index contributed by atoms with van der Waals surface area (Å²) in [5.41, 5.74) is 11.5. The fourth-order valence-electron chi connectivity index (χ4n) is 9.97. The number of non-ortho nitro benzene ring substituents is 2. The van der Waals surface area contributed by atoms with E-state index in [9.17, 15) is 47.4 Å². The number of fused-ring (bicyclic) bond motifs is 5. The van der Waals surface area contributed by atoms with Gasteiger partial charge in [0, 0.05) is 55.1 Å². The van der Waals surface area contributed by atoms with E-state index in [1.165, 1.54) is 119 Å². The number of aliphatic imine (C=N–C) groups is 1. The van der Waals surface area contributed by atoms with Crippen molar-refractivity contribution in [3.63, 3.8) is 0 Å². The van der Waals surface area contributed by atoms with Crippen molar-refractivity contribution in [2.24, 2.45) is 4.99 Å². The van der Waals surface area contributed by atoms with E-state index in [-0.39, 0.29) is 81.8 Å². The number of nitro benzene ring substituents is 2. The lowest BCUT2D eigenvalue weighted by Gasteiger charge is -2.11. The van der Waals surface area contributed by atoms with Gasteiger partial charge in [0.25, 0.3) is 17.3 Å². The average molecular weight is 2160 g/mol. The predicted molar refractivity (Wildman–Crippen MR) is 527 cm³/mol. The van der Waals surface area contributed by atoms with Crippen LogP contribution < -0.4 is 54.6 Å². The molecule has 0 aliphatic carbocycles. The number of nitrogens with two attached hydrogens (primary N) is 1. The van der Waals surface area contributed by atoms with Crippen LogP contribution in [0.1, 0.15) is 24.0 Å². The Hall–Kier alpha value is -9.76. The van der Waals surface area contributed by atoms with Crippen molar-refractivity contribution in [1.29, 1.82) is 0 Å². The van der Waals surface area contributed by atoms with Gasteiger partial charge >= 0.3 is 0 Å². The fourth-order valence-corrected chi connectivity index (χ4v) is 17.8. The van der Waals surface area contributed by atoms with Gasteiger partial charge in [0.2, 0.25) is 23.5 Å². The minimum atomic E-state index is -0.987. The zero-order valence-corrected chi connectivity index (χ0v) is 83.0. The van der Waals surface area contributed by atoms with Crippen LogP contribution in [-0.4, -0.2) is 144 Å². The first-order valence-electron chi connectivity index (χ1n) is 36.7. The summed E-state index contributed by atoms with van der Waals surface area (Å²) in [4.78, 5) is 86.3. The molecule has 0 spiro atoms. The summed E-state index contributed by atoms with van der Waals surface area (Å²) in [6.45, 7) is 2.00. The molecule has 47 heteroatoms. The first kappa shape index (κ1) is 106. The van der Waals surface area contributed by atoms with E-state index in [4.69, 9.17) is 65.2 Å². The number of phenolic OH excluding ortho intramolecular Hbond substituents is 1. The highest BCUT2D eigenvalue weighted by Crippen LogP contribution is 2.42. The van der Waals surface area contributed by atoms with Gasteiger partial charge in [-0.1, -0.05) is 83.9 Å². The molecule has 11 heterocycles. The molecule has 5 N–H and O–H groups in total. The summed E-state index contributed by atoms with van der Waals surface area (Å²) in [5, 5.41) is 39.8. The molecule has 0 bridgehead atoms. The Morgan fingerprint density at radius 1 is 0.546 bits per heavy atom. The highest BCUT2D eigenvalue weighted by atomic mass is 127. The Labute approximate surface area is 822 Å². The van der Waals surface area contributed by atoms with Crippen molar-refractivity contribution >= 4 is 268 Å². The predicted octanol–water partition coefficient (Wildman–Crippen LogP) is 21.2. The molecule has 2 amide bonds. The Morgan fingerprint density at radius 2 is 0.946 bits per heavy atom. The number of aromatic nitrogens is 10. The zero-order valence-electron chi connectivity index (χ0n) is 68.7. The van der Waals surface area contributed by atoms with E-state index in [0.717, 1.165) is 96.0 Å². The van der Waals surface area contributed by atoms with Crippen LogP contribution in [0.3, 0.4) is 0 Å². The number of carbonyl (C=O) groups excluding carboxylic acids is 2. The average Bonchev–Trinajstić information content (AvgIpc) is 1.68. The smallest absolute Gasteiger partial charge is 0.272 e. The number of thiocarbonyl (C=S) groups is 2. The van der Waals surface area contributed by atoms with Gasteiger partial charge in [0.1, 0.15) is 68.6 Å². The molecule has 1 saturated heterocycles. The highest BCUT2D eigenvalue weighted by Gasteiger charge is 2.20. The number of phenols is 1. The molecule has 6 aromatic carbocycles. The second kappa shape index (κ2) is 54.9. The number of hydrogen-bond donors (Lipinski definition) is 4. The number of benzene rings is 6. The van der Waals surface area contributed by atoms with Crippen molar-refractivity contribution < 1.29 is 85.0 Å². The zero-order chi connectivity index (χ0) is 92.9. The van der Waals surface area contributed by atoms with Crippen molar-refractivity contribution in [2.45, 2.75) is 42.5 Å². The van der Waals surface area contributed by atoms with Gasteiger partial charge in [0.05, 0.1) is 115 Å². The number of nitrogens with zero attached hydrogens (tertiary/aromatic N) is 13. The van der Waals surface area contributed by atoms with Crippen molar-refractivity contribution in [3.05, 3.63) is 266 Å². The van der Waals surface area contributed by atoms with E-state index >= 15 is 0 Å². The van der Waals surface area contributed by atoms with Crippen molar-refractivity contribution in [2.75, 3.05) is 68.1 Å². The van der Waals surface area contributed by atoms with Crippen LogP contribution in [0.25, 0.3) is 51.1 Å². The SMILES string of the molecule is C1CCOC1.CS[S+](C)C.CSc1cc2ncnc(Cl)c2s1.CSc1cc2ncnc(Oc3ccc(N)cc3F)c2s1.CSc1cc2ncnc(Oc3ccc(NC(=S)NC(=O)Cc4ccccc4)cc3F)c2s1.CSc1cc2ncnc(Oc3ccc([N+](=O)[O-])cc3F)c2s1.Clc1ncnc2ccsc12.O=C(Cc1ccccc1)N=C=S.O=[N+]([O-])c1ccc(O)c(F)c1.[I-]. The summed E-state index contributed by atoms with van der Waals surface area (Å²) in [6, 6.07) is 42.9. The van der Waals surface area contributed by atoms with Crippen molar-refractivity contribution in [3.8, 4) is 40.6 Å². The molecule has 0 atom stereocenters. The standard InChI is InChI=1S/C22H17FN4O2S3.C13H8FN3O3S2.C13H10FN3OS2.C9H7NOS.C7H5ClN2S2.C6H3ClN2S.C6H4FNO3.C4H8O.C3H9S2.HI/c1-31-19-11-16-20(32-19)21(25-12-24-16)29-17-8-7-14(10-15(17)23)26-22(30)27-18(28)9-13-5-3-2-4-6-13;1-21-11-5-9-12(22-11)13(16-6-15-9)20-10-3-2-7(17(18)19)4-8(10)14;1-19-11-5-9-12(20-11)13(17-6-16-9)18-10-3-2-7(15)4-8(10)14;11-9(10-7-12)6-8-4-2-1-3-5-8;1-11-5-2-4-6(12-5)7(8)10-3-9-4;7-6-5-4(1-2-10-5)8-3-9-6;7-5-3-4(8(10)11)1-2-6(5)9;1-2-4-5-3-1;1-4-5(2)3;/h2-8,10-12H,9H2,1H3,(H2,26,27,28,30);2-6H,1H3;2-6H,15H2,1H3;1-5H,6H2;2-3H,1H3;1-3H;1-3,9H;1-4H2;1-3H3;1H/q;;;;;;;;+1;/p-1. The molecule has 27 nitrogen and oxygen atoms in total. The maximum absolute atomic E-state index is 14.7. The molecule has 676 valence electrons. The third-order valence-corrected chi connectivity index (χ3v) is 29.4. The first-order chi connectivity index (χ1) is 62.2. The largest absolute Gasteiger partial charge is 1.00 e. The van der Waals surface area contributed by atoms with Crippen LogP contribution in [0, 0.1) is 43.5 Å². The minimum absolute atomic E-state index is 0. The number of aromatic hydroxyl groups is 1. The minimum Gasteiger partial charge on any atom is -1.00 e. The van der Waals surface area contributed by atoms with Gasteiger partial charge in [-0.15, -0.1) is 104 Å². The number of isothiocyanates is 1. The number of halogens is 7. The molecule has 1 aliphatic heterocycles. The molecular formula is C83H71Cl2F4IN16O11S13. The number of amides is 2. The number of thioether (sulfide) groups is 4.